The minimum atomic E-state index is -3.21. The van der Waals surface area contributed by atoms with Gasteiger partial charge in [-0.25, -0.2) is 13.2 Å². The topological polar surface area (TPSA) is 84.8 Å². The highest BCUT2D eigenvalue weighted by molar-refractivity contribution is 7.90. The molecule has 21 heavy (non-hydrogen) atoms. The minimum Gasteiger partial charge on any atom is -0.304 e. The van der Waals surface area contributed by atoms with Crippen LogP contribution in [0, 0.1) is 0 Å². The summed E-state index contributed by atoms with van der Waals surface area (Å²) in [6, 6.07) is 8.28. The van der Waals surface area contributed by atoms with Gasteiger partial charge in [-0.05, 0) is 23.8 Å². The van der Waals surface area contributed by atoms with Crippen LogP contribution in [0.3, 0.4) is 0 Å². The van der Waals surface area contributed by atoms with Crippen LogP contribution in [-0.4, -0.2) is 29.2 Å². The van der Waals surface area contributed by atoms with Crippen molar-refractivity contribution in [2.45, 2.75) is 11.4 Å². The largest absolute Gasteiger partial charge is 0.326 e. The van der Waals surface area contributed by atoms with Crippen LogP contribution in [-0.2, 0) is 16.4 Å². The molecular weight excluding hydrogens is 290 g/mol. The normalized spacial score (nSPS) is 11.9. The van der Waals surface area contributed by atoms with Gasteiger partial charge in [-0.3, -0.25) is 9.55 Å². The molecule has 0 aliphatic rings. The van der Waals surface area contributed by atoms with E-state index < -0.39 is 9.84 Å². The quantitative estimate of drug-likeness (QED) is 0.787. The fourth-order valence-electron chi connectivity index (χ4n) is 2.19. The third-order valence-corrected chi connectivity index (χ3v) is 4.40. The molecule has 0 unspecified atom stereocenters. The number of nitrogens with zero attached hydrogens (tertiary/aromatic N) is 2. The van der Waals surface area contributed by atoms with Crippen LogP contribution >= 0.6 is 0 Å². The molecule has 108 valence electrons. The first-order valence-corrected chi connectivity index (χ1v) is 8.16. The molecule has 0 radical (unpaired) electrons. The molecule has 0 bridgehead atoms. The Bertz CT molecular complexity index is 953. The Morgan fingerprint density at radius 3 is 2.57 bits per heavy atom. The van der Waals surface area contributed by atoms with E-state index in [9.17, 15) is 13.2 Å². The summed E-state index contributed by atoms with van der Waals surface area (Å²) in [4.78, 5) is 18.9. The first-order valence-electron chi connectivity index (χ1n) is 6.27. The predicted octanol–water partition coefficient (Wildman–Crippen LogP) is 1.18. The monoisotopic (exact) mass is 303 g/mol. The summed E-state index contributed by atoms with van der Waals surface area (Å²) in [5.74, 6) is 0. The van der Waals surface area contributed by atoms with Crippen molar-refractivity contribution in [3.8, 4) is 0 Å². The van der Waals surface area contributed by atoms with Crippen molar-refractivity contribution >= 4 is 20.9 Å². The number of aromatic amines is 1. The lowest BCUT2D eigenvalue weighted by atomic mass is 10.2. The van der Waals surface area contributed by atoms with Gasteiger partial charge < -0.3 is 4.98 Å². The van der Waals surface area contributed by atoms with Crippen LogP contribution in [0.2, 0.25) is 0 Å². The fourth-order valence-corrected chi connectivity index (χ4v) is 2.82. The average Bonchev–Trinajstić information content (AvgIpc) is 2.75. The molecule has 3 aromatic rings. The lowest BCUT2D eigenvalue weighted by Gasteiger charge is -2.05. The molecule has 2 aromatic heterocycles. The Morgan fingerprint density at radius 2 is 1.90 bits per heavy atom. The van der Waals surface area contributed by atoms with Gasteiger partial charge in [-0.2, -0.15) is 0 Å². The fraction of sp³-hybridized carbons (Fsp3) is 0.143. The highest BCUT2D eigenvalue weighted by Gasteiger charge is 2.09. The average molecular weight is 303 g/mol. The highest BCUT2D eigenvalue weighted by Crippen LogP contribution is 2.13. The molecule has 0 aliphatic carbocycles. The van der Waals surface area contributed by atoms with Crippen LogP contribution in [0.15, 0.2) is 52.4 Å². The molecule has 0 saturated heterocycles. The van der Waals surface area contributed by atoms with Crippen molar-refractivity contribution in [2.24, 2.45) is 0 Å². The summed E-state index contributed by atoms with van der Waals surface area (Å²) in [6.07, 6.45) is 4.39. The lowest BCUT2D eigenvalue weighted by molar-refractivity contribution is 0.602. The van der Waals surface area contributed by atoms with Gasteiger partial charge in [0, 0.05) is 12.5 Å². The summed E-state index contributed by atoms with van der Waals surface area (Å²) >= 11 is 0. The first-order chi connectivity index (χ1) is 9.95. The number of fused-ring (bicyclic) bond motifs is 1. The number of aromatic nitrogens is 3. The van der Waals surface area contributed by atoms with Gasteiger partial charge in [0.25, 0.3) is 0 Å². The smallest absolute Gasteiger partial charge is 0.304 e. The number of sulfone groups is 1. The number of hydrogen-bond acceptors (Lipinski definition) is 4. The molecule has 0 atom stereocenters. The van der Waals surface area contributed by atoms with Crippen molar-refractivity contribution < 1.29 is 8.42 Å². The van der Waals surface area contributed by atoms with Crippen molar-refractivity contribution in [3.05, 3.63) is 58.8 Å². The maximum Gasteiger partial charge on any atom is 0.326 e. The zero-order valence-electron chi connectivity index (χ0n) is 11.3. The SMILES string of the molecule is CS(=O)(=O)c1ccc(Cn2c(=O)[nH]c3cnccc32)cc1. The summed E-state index contributed by atoms with van der Waals surface area (Å²) in [5, 5.41) is 0. The molecule has 7 heteroatoms. The number of nitrogens with one attached hydrogen (secondary N) is 1. The summed E-state index contributed by atoms with van der Waals surface area (Å²) in [7, 11) is -3.21. The molecule has 0 amide bonds. The highest BCUT2D eigenvalue weighted by atomic mass is 32.2. The van der Waals surface area contributed by atoms with Gasteiger partial charge in [0.05, 0.1) is 28.7 Å². The lowest BCUT2D eigenvalue weighted by Crippen LogP contribution is -2.17. The Morgan fingerprint density at radius 1 is 1.19 bits per heavy atom. The van der Waals surface area contributed by atoms with E-state index in [1.165, 1.54) is 6.26 Å². The second-order valence-corrected chi connectivity index (χ2v) is 6.84. The standard InChI is InChI=1S/C14H13N3O3S/c1-21(19,20)11-4-2-10(3-5-11)9-17-13-6-7-15-8-12(13)16-14(17)18/h2-8H,9H2,1H3,(H,16,18). The Labute approximate surface area is 121 Å². The number of H-pyrrole nitrogens is 1. The Balaban J connectivity index is 1.99. The number of imidazole rings is 1. The molecule has 0 spiro atoms. The third kappa shape index (κ3) is 2.59. The van der Waals surface area contributed by atoms with E-state index in [-0.39, 0.29) is 10.6 Å². The molecule has 0 fully saturated rings. The van der Waals surface area contributed by atoms with Crippen LogP contribution in [0.1, 0.15) is 5.56 Å². The molecule has 2 heterocycles. The van der Waals surface area contributed by atoms with Crippen molar-refractivity contribution in [2.75, 3.05) is 6.26 Å². The number of hydrogen-bond donors (Lipinski definition) is 1. The Hall–Kier alpha value is -2.41. The van der Waals surface area contributed by atoms with Crippen LogP contribution in [0.5, 0.6) is 0 Å². The van der Waals surface area contributed by atoms with E-state index in [1.807, 2.05) is 0 Å². The van der Waals surface area contributed by atoms with Gasteiger partial charge >= 0.3 is 5.69 Å². The maximum absolute atomic E-state index is 12.0. The molecule has 1 aromatic carbocycles. The van der Waals surface area contributed by atoms with Gasteiger partial charge in [-0.15, -0.1) is 0 Å². The van der Waals surface area contributed by atoms with E-state index in [4.69, 9.17) is 0 Å². The van der Waals surface area contributed by atoms with Crippen LogP contribution in [0.4, 0.5) is 0 Å². The number of rotatable bonds is 3. The van der Waals surface area contributed by atoms with E-state index in [1.54, 1.807) is 47.3 Å². The molecule has 0 saturated carbocycles. The molecule has 6 nitrogen and oxygen atoms in total. The van der Waals surface area contributed by atoms with Gasteiger partial charge in [0.15, 0.2) is 9.84 Å². The summed E-state index contributed by atoms with van der Waals surface area (Å²) in [6.45, 7) is 0.368. The number of pyridine rings is 1. The van der Waals surface area contributed by atoms with Gasteiger partial charge in [0.1, 0.15) is 0 Å². The van der Waals surface area contributed by atoms with E-state index >= 15 is 0 Å². The predicted molar refractivity (Wildman–Crippen MR) is 79.0 cm³/mol. The van der Waals surface area contributed by atoms with Crippen molar-refractivity contribution in [1.29, 1.82) is 0 Å². The van der Waals surface area contributed by atoms with E-state index in [0.717, 1.165) is 11.1 Å². The summed E-state index contributed by atoms with van der Waals surface area (Å²) in [5.41, 5.74) is 2.07. The number of benzene rings is 1. The second kappa shape index (κ2) is 4.85. The van der Waals surface area contributed by atoms with Gasteiger partial charge in [0.2, 0.25) is 0 Å². The van der Waals surface area contributed by atoms with E-state index in [0.29, 0.717) is 12.1 Å². The minimum absolute atomic E-state index is 0.217. The van der Waals surface area contributed by atoms with Crippen LogP contribution in [0.25, 0.3) is 11.0 Å². The zero-order chi connectivity index (χ0) is 15.0. The molecule has 0 aliphatic heterocycles. The van der Waals surface area contributed by atoms with E-state index in [2.05, 4.69) is 9.97 Å². The van der Waals surface area contributed by atoms with Crippen molar-refractivity contribution in [3.63, 3.8) is 0 Å². The zero-order valence-corrected chi connectivity index (χ0v) is 12.1. The Kier molecular flexibility index (Phi) is 3.13. The maximum atomic E-state index is 12.0. The van der Waals surface area contributed by atoms with Crippen LogP contribution < -0.4 is 5.69 Å². The second-order valence-electron chi connectivity index (χ2n) is 4.83. The third-order valence-electron chi connectivity index (χ3n) is 3.27. The first kappa shape index (κ1) is 13.6. The molecule has 1 N–H and O–H groups in total. The molecule has 3 rings (SSSR count). The summed E-state index contributed by atoms with van der Waals surface area (Å²) < 4.78 is 24.4. The molecular formula is C14H13N3O3S. The van der Waals surface area contributed by atoms with Gasteiger partial charge in [-0.1, -0.05) is 12.1 Å². The van der Waals surface area contributed by atoms with Crippen molar-refractivity contribution in [1.82, 2.24) is 14.5 Å².